The molecule has 0 bridgehead atoms. The fourth-order valence-electron chi connectivity index (χ4n) is 9.66. The highest BCUT2D eigenvalue weighted by Gasteiger charge is 2.34. The molecule has 4 aromatic heterocycles. The van der Waals surface area contributed by atoms with Crippen LogP contribution >= 0.6 is 0 Å². The minimum Gasteiger partial charge on any atom is -0.333 e. The van der Waals surface area contributed by atoms with Crippen LogP contribution in [-0.4, -0.2) is 43.9 Å². The summed E-state index contributed by atoms with van der Waals surface area (Å²) in [5.41, 5.74) is 8.44. The maximum Gasteiger partial charge on any atom is 0.271 e. The third-order valence-corrected chi connectivity index (χ3v) is 12.7. The van der Waals surface area contributed by atoms with E-state index in [-0.39, 0.29) is 17.2 Å². The van der Waals surface area contributed by atoms with Gasteiger partial charge in [0, 0.05) is 71.3 Å². The molecular weight excluding hydrogens is 829 g/mol. The second-order valence-corrected chi connectivity index (χ2v) is 16.8. The number of nitro groups is 2. The smallest absolute Gasteiger partial charge is 0.271 e. The van der Waals surface area contributed by atoms with Crippen molar-refractivity contribution in [3.05, 3.63) is 212 Å². The maximum atomic E-state index is 15.9. The lowest BCUT2D eigenvalue weighted by Crippen LogP contribution is -2.30. The normalized spacial score (nSPS) is 12.6. The first-order valence-electron chi connectivity index (χ1n) is 22.3. The van der Waals surface area contributed by atoms with Crippen molar-refractivity contribution in [1.82, 2.24) is 28.2 Å². The molecule has 2 unspecified atom stereocenters. The van der Waals surface area contributed by atoms with Gasteiger partial charge >= 0.3 is 0 Å². The highest BCUT2D eigenvalue weighted by Crippen LogP contribution is 2.37. The summed E-state index contributed by atoms with van der Waals surface area (Å²) in [6, 6.07) is 44.6. The fourth-order valence-corrected chi connectivity index (χ4v) is 9.66. The van der Waals surface area contributed by atoms with Crippen LogP contribution in [0.3, 0.4) is 0 Å². The van der Waals surface area contributed by atoms with Gasteiger partial charge < -0.3 is 18.3 Å². The van der Waals surface area contributed by atoms with Gasteiger partial charge in [0.1, 0.15) is 23.7 Å². The number of aryl methyl sites for hydroxylation is 2. The summed E-state index contributed by atoms with van der Waals surface area (Å²) >= 11 is 0. The Morgan fingerprint density at radius 2 is 0.955 bits per heavy atom. The van der Waals surface area contributed by atoms with Crippen molar-refractivity contribution in [2.45, 2.75) is 64.7 Å². The molecule has 0 amide bonds. The number of carbonyl (C=O) groups excluding carboxylic acids is 1. The number of hydrogen-bond donors (Lipinski definition) is 0. The number of benzene rings is 6. The van der Waals surface area contributed by atoms with Crippen LogP contribution in [0.25, 0.3) is 43.9 Å². The first kappa shape index (κ1) is 41.8. The zero-order chi connectivity index (χ0) is 45.5. The average molecular weight is 875 g/mol. The van der Waals surface area contributed by atoms with Crippen molar-refractivity contribution in [2.75, 3.05) is 0 Å². The van der Waals surface area contributed by atoms with Gasteiger partial charge in [-0.3, -0.25) is 25.0 Å². The van der Waals surface area contributed by atoms with Crippen LogP contribution in [0, 0.1) is 20.2 Å². The van der Waals surface area contributed by atoms with Gasteiger partial charge in [-0.05, 0) is 71.5 Å². The van der Waals surface area contributed by atoms with E-state index >= 15 is 4.79 Å². The summed E-state index contributed by atoms with van der Waals surface area (Å²) in [6.45, 7) is 5.18. The van der Waals surface area contributed by atoms with E-state index in [1.165, 1.54) is 24.3 Å². The quantitative estimate of drug-likeness (QED) is 0.0693. The molecule has 10 rings (SSSR count). The topological polar surface area (TPSA) is 149 Å². The molecule has 0 saturated carbocycles. The Balaban J connectivity index is 1.07. The second kappa shape index (κ2) is 17.4. The molecular formula is C53H46N8O5. The van der Waals surface area contributed by atoms with Gasteiger partial charge in [-0.2, -0.15) is 0 Å². The molecule has 0 aliphatic heterocycles. The lowest BCUT2D eigenvalue weighted by molar-refractivity contribution is -0.384. The van der Waals surface area contributed by atoms with E-state index in [2.05, 4.69) is 68.5 Å². The second-order valence-electron chi connectivity index (χ2n) is 16.8. The minimum absolute atomic E-state index is 0.00832. The largest absolute Gasteiger partial charge is 0.333 e. The van der Waals surface area contributed by atoms with E-state index in [1.807, 2.05) is 85.2 Å². The van der Waals surface area contributed by atoms with Gasteiger partial charge in [0.2, 0.25) is 0 Å². The van der Waals surface area contributed by atoms with Gasteiger partial charge in [-0.15, -0.1) is 0 Å². The number of nitrogens with zero attached hydrogens (tertiary/aromatic N) is 8. The highest BCUT2D eigenvalue weighted by molar-refractivity contribution is 5.96. The number of aromatic nitrogens is 6. The number of Topliss-reactive ketones (excluding diaryl/α,β-unsaturated/α-hetero) is 1. The van der Waals surface area contributed by atoms with E-state index in [1.54, 1.807) is 12.1 Å². The molecule has 328 valence electrons. The van der Waals surface area contributed by atoms with Crippen molar-refractivity contribution in [3.8, 4) is 0 Å². The van der Waals surface area contributed by atoms with E-state index < -0.39 is 21.9 Å². The molecule has 0 saturated heterocycles. The SMILES string of the molecule is CCCc1nc2cc([N+](=O)[O-])ccc2n1Cc1cccc2c1ccn2C(C(=O)C(c1ccccc1)n1ccc2c(Cn3c(CCC)nc4cc([N+](=O)[O-])ccc43)cccc21)c1ccccc1. The van der Waals surface area contributed by atoms with E-state index in [9.17, 15) is 20.2 Å². The molecule has 4 heterocycles. The van der Waals surface area contributed by atoms with Crippen molar-refractivity contribution in [1.29, 1.82) is 0 Å². The fraction of sp³-hybridized carbons (Fsp3) is 0.189. The van der Waals surface area contributed by atoms with Gasteiger partial charge in [0.25, 0.3) is 11.4 Å². The van der Waals surface area contributed by atoms with Gasteiger partial charge in [0.05, 0.1) is 45.0 Å². The lowest BCUT2D eigenvalue weighted by atomic mass is 9.92. The molecule has 13 nitrogen and oxygen atoms in total. The van der Waals surface area contributed by atoms with Crippen LogP contribution < -0.4 is 0 Å². The number of fused-ring (bicyclic) bond motifs is 4. The van der Waals surface area contributed by atoms with Gasteiger partial charge in [-0.1, -0.05) is 98.8 Å². The Bertz CT molecular complexity index is 3230. The van der Waals surface area contributed by atoms with Gasteiger partial charge in [-0.25, -0.2) is 9.97 Å². The molecule has 13 heteroatoms. The number of hydrogen-bond acceptors (Lipinski definition) is 7. The van der Waals surface area contributed by atoms with Crippen LogP contribution in [0.2, 0.25) is 0 Å². The van der Waals surface area contributed by atoms with Gasteiger partial charge in [0.15, 0.2) is 5.78 Å². The molecule has 0 aliphatic carbocycles. The third-order valence-electron chi connectivity index (χ3n) is 12.7. The van der Waals surface area contributed by atoms with Crippen LogP contribution in [0.15, 0.2) is 158 Å². The first-order valence-corrected chi connectivity index (χ1v) is 22.3. The Morgan fingerprint density at radius 3 is 1.35 bits per heavy atom. The molecule has 0 fully saturated rings. The number of carbonyl (C=O) groups is 1. The number of nitro benzene ring substituents is 2. The summed E-state index contributed by atoms with van der Waals surface area (Å²) in [5, 5.41) is 25.3. The molecule has 66 heavy (non-hydrogen) atoms. The summed E-state index contributed by atoms with van der Waals surface area (Å²) in [4.78, 5) is 48.1. The molecule has 6 aromatic carbocycles. The zero-order valence-corrected chi connectivity index (χ0v) is 36.5. The molecule has 2 atom stereocenters. The van der Waals surface area contributed by atoms with Crippen LogP contribution in [-0.2, 0) is 30.7 Å². The minimum atomic E-state index is -0.715. The van der Waals surface area contributed by atoms with E-state index in [0.717, 1.165) is 79.6 Å². The number of non-ortho nitro benzene ring substituents is 2. The van der Waals surface area contributed by atoms with Crippen molar-refractivity contribution in [3.63, 3.8) is 0 Å². The summed E-state index contributed by atoms with van der Waals surface area (Å²) in [7, 11) is 0. The molecule has 0 N–H and O–H groups in total. The monoisotopic (exact) mass is 874 g/mol. The van der Waals surface area contributed by atoms with E-state index in [0.29, 0.717) is 37.0 Å². The Morgan fingerprint density at radius 1 is 0.530 bits per heavy atom. The maximum absolute atomic E-state index is 15.9. The van der Waals surface area contributed by atoms with Crippen molar-refractivity contribution in [2.24, 2.45) is 0 Å². The van der Waals surface area contributed by atoms with Crippen molar-refractivity contribution < 1.29 is 14.6 Å². The Labute approximate surface area is 379 Å². The Hall–Kier alpha value is -8.19. The standard InChI is InChI=1S/C53H46N8O5/c1-3-13-49-54-43-31-39(60(63)64)23-25-47(43)58(49)33-37-19-11-21-45-41(37)27-29-56(45)51(35-15-7-5-8-16-35)53(62)52(36-17-9-6-10-18-36)57-30-28-42-38(20-12-22-46(42)57)34-59-48-26-24-40(61(65)66)32-44(48)55-50(59)14-4-2/h5-12,15-32,51-52H,3-4,13-14,33-34H2,1-2H3. The number of imidazole rings is 2. The third kappa shape index (κ3) is 7.47. The lowest BCUT2D eigenvalue weighted by Gasteiger charge is -2.27. The summed E-state index contributed by atoms with van der Waals surface area (Å²) < 4.78 is 8.49. The predicted molar refractivity (Wildman–Crippen MR) is 257 cm³/mol. The van der Waals surface area contributed by atoms with Crippen molar-refractivity contribution >= 4 is 61.0 Å². The van der Waals surface area contributed by atoms with Crippen LogP contribution in [0.5, 0.6) is 0 Å². The highest BCUT2D eigenvalue weighted by atomic mass is 16.6. The Kier molecular flexibility index (Phi) is 11.0. The molecule has 0 radical (unpaired) electrons. The summed E-state index contributed by atoms with van der Waals surface area (Å²) in [6.07, 6.45) is 7.18. The van der Waals surface area contributed by atoms with E-state index in [4.69, 9.17) is 9.97 Å². The molecule has 0 spiro atoms. The van der Waals surface area contributed by atoms with Crippen LogP contribution in [0.1, 0.15) is 72.7 Å². The average Bonchev–Trinajstić information content (AvgIpc) is 4.12. The zero-order valence-electron chi connectivity index (χ0n) is 36.5. The number of rotatable bonds is 16. The predicted octanol–water partition coefficient (Wildman–Crippen LogP) is 11.6. The summed E-state index contributed by atoms with van der Waals surface area (Å²) in [5.74, 6) is 1.71. The molecule has 10 aromatic rings. The molecule has 0 aliphatic rings. The van der Waals surface area contributed by atoms with Crippen LogP contribution in [0.4, 0.5) is 11.4 Å². The first-order chi connectivity index (χ1) is 32.2. The number of ketones is 1.